The minimum absolute atomic E-state index is 0.0227. The number of carbonyl (C=O) groups excluding carboxylic acids is 2. The maximum atomic E-state index is 13.2. The van der Waals surface area contributed by atoms with Gasteiger partial charge in [-0.2, -0.15) is 0 Å². The zero-order chi connectivity index (χ0) is 17.6. The van der Waals surface area contributed by atoms with Gasteiger partial charge >= 0.3 is 5.97 Å². The van der Waals surface area contributed by atoms with Gasteiger partial charge in [0.05, 0.1) is 18.6 Å². The molecule has 134 valence electrons. The van der Waals surface area contributed by atoms with Crippen LogP contribution in [0.2, 0.25) is 0 Å². The zero-order valence-electron chi connectivity index (χ0n) is 15.0. The molecule has 6 bridgehead atoms. The van der Waals surface area contributed by atoms with Gasteiger partial charge in [0.25, 0.3) is 0 Å². The maximum Gasteiger partial charge on any atom is 0.309 e. The molecule has 9 atom stereocenters. The van der Waals surface area contributed by atoms with Crippen LogP contribution in [0.1, 0.15) is 45.4 Å². The number of hydrogen-bond acceptors (Lipinski definition) is 4. The van der Waals surface area contributed by atoms with Crippen LogP contribution < -0.4 is 0 Å². The number of fused-ring (bicyclic) bond motifs is 2. The molecule has 2 spiro atoms. The van der Waals surface area contributed by atoms with E-state index in [1.807, 2.05) is 0 Å². The predicted molar refractivity (Wildman–Crippen MR) is 89.2 cm³/mol. The molecular weight excluding hydrogens is 316 g/mol. The lowest BCUT2D eigenvalue weighted by atomic mass is 9.59. The van der Waals surface area contributed by atoms with E-state index in [2.05, 4.69) is 13.5 Å². The van der Waals surface area contributed by atoms with Crippen LogP contribution in [0.4, 0.5) is 0 Å². The first kappa shape index (κ1) is 15.0. The number of methoxy groups -OCH3 is 1. The van der Waals surface area contributed by atoms with Crippen molar-refractivity contribution in [2.24, 2.45) is 45.8 Å². The molecule has 0 saturated heterocycles. The summed E-state index contributed by atoms with van der Waals surface area (Å²) in [5.74, 6) is 1.15. The molecule has 0 unspecified atom stereocenters. The fraction of sp³-hybridized carbons (Fsp3) is 0.810. The van der Waals surface area contributed by atoms with Crippen LogP contribution in [0.25, 0.3) is 0 Å². The van der Waals surface area contributed by atoms with E-state index in [-0.39, 0.29) is 40.0 Å². The lowest BCUT2D eigenvalue weighted by Crippen LogP contribution is -2.47. The van der Waals surface area contributed by atoms with Crippen molar-refractivity contribution in [2.45, 2.75) is 51.0 Å². The predicted octanol–water partition coefficient (Wildman–Crippen LogP) is 2.50. The number of hydrogen-bond donors (Lipinski definition) is 1. The van der Waals surface area contributed by atoms with Gasteiger partial charge in [-0.1, -0.05) is 13.5 Å². The standard InChI is InChI=1S/C21H26O4/c1-10-8-19-9-20(10,24)7-5-12(19)21-11-4-6-18(2,16(22)13(11)21)15(21)14(19)17(23)25-3/h11-15,24H,1,4-9H2,2-3H3/t11-,12-,13-,14-,15-,18-,19+,20+,21+/m1/s1. The van der Waals surface area contributed by atoms with Crippen molar-refractivity contribution in [1.82, 2.24) is 0 Å². The second-order valence-electron chi connectivity index (χ2n) is 10.2. The van der Waals surface area contributed by atoms with Crippen molar-refractivity contribution < 1.29 is 19.4 Å². The third-order valence-corrected chi connectivity index (χ3v) is 9.89. The summed E-state index contributed by atoms with van der Waals surface area (Å²) in [4.78, 5) is 26.2. The monoisotopic (exact) mass is 342 g/mol. The Morgan fingerprint density at radius 3 is 2.80 bits per heavy atom. The largest absolute Gasteiger partial charge is 0.469 e. The third-order valence-electron chi connectivity index (χ3n) is 9.89. The second kappa shape index (κ2) is 3.76. The molecule has 25 heavy (non-hydrogen) atoms. The average Bonchev–Trinajstić information content (AvgIpc) is 3.03. The van der Waals surface area contributed by atoms with Gasteiger partial charge in [-0.3, -0.25) is 9.59 Å². The van der Waals surface area contributed by atoms with E-state index in [4.69, 9.17) is 4.74 Å². The number of rotatable bonds is 1. The Balaban J connectivity index is 1.61. The summed E-state index contributed by atoms with van der Waals surface area (Å²) in [6, 6.07) is 0. The SMILES string of the molecule is C=C1C[C@]23C[C@@]1(O)CC[C@H]2[C@@]12[C@@H]4CC[C@@](C)(C(=O)[C@@H]41)[C@H]2[C@@H]3C(=O)OC. The third kappa shape index (κ3) is 1.18. The van der Waals surface area contributed by atoms with Gasteiger partial charge in [0, 0.05) is 11.3 Å². The highest BCUT2D eigenvalue weighted by atomic mass is 16.5. The van der Waals surface area contributed by atoms with E-state index in [1.54, 1.807) is 0 Å². The summed E-state index contributed by atoms with van der Waals surface area (Å²) in [5.41, 5.74) is -0.490. The van der Waals surface area contributed by atoms with Gasteiger partial charge in [0.1, 0.15) is 5.78 Å². The number of Topliss-reactive ketones (excluding diaryl/α,β-unsaturated/α-hetero) is 1. The van der Waals surface area contributed by atoms with Crippen LogP contribution in [0, 0.1) is 45.8 Å². The molecule has 7 aliphatic carbocycles. The summed E-state index contributed by atoms with van der Waals surface area (Å²) in [5, 5.41) is 11.1. The lowest BCUT2D eigenvalue weighted by Gasteiger charge is -2.43. The highest BCUT2D eigenvalue weighted by Gasteiger charge is 2.93. The van der Waals surface area contributed by atoms with Crippen LogP contribution >= 0.6 is 0 Å². The van der Waals surface area contributed by atoms with Gasteiger partial charge in [0.15, 0.2) is 0 Å². The molecule has 1 N–H and O–H groups in total. The average molecular weight is 342 g/mol. The van der Waals surface area contributed by atoms with Crippen LogP contribution in [0.15, 0.2) is 12.2 Å². The Labute approximate surface area is 148 Å². The van der Waals surface area contributed by atoms with E-state index in [1.165, 1.54) is 7.11 Å². The summed E-state index contributed by atoms with van der Waals surface area (Å²) in [7, 11) is 1.47. The smallest absolute Gasteiger partial charge is 0.309 e. The van der Waals surface area contributed by atoms with Gasteiger partial charge in [-0.25, -0.2) is 0 Å². The molecular formula is C21H26O4. The van der Waals surface area contributed by atoms with Crippen LogP contribution in [-0.4, -0.2) is 29.6 Å². The molecule has 0 aromatic carbocycles. The summed E-state index contributed by atoms with van der Waals surface area (Å²) in [6.07, 6.45) is 5.10. The van der Waals surface area contributed by atoms with E-state index in [9.17, 15) is 14.7 Å². The number of esters is 1. The zero-order valence-corrected chi connectivity index (χ0v) is 15.0. The van der Waals surface area contributed by atoms with Crippen molar-refractivity contribution in [3.63, 3.8) is 0 Å². The molecule has 0 heterocycles. The molecule has 0 amide bonds. The normalized spacial score (nSPS) is 62.6. The molecule has 4 heteroatoms. The first-order valence-electron chi connectivity index (χ1n) is 9.80. The molecule has 7 rings (SSSR count). The number of carbonyl (C=O) groups is 2. The summed E-state index contributed by atoms with van der Waals surface area (Å²) in [6.45, 7) is 6.31. The number of ketones is 1. The van der Waals surface area contributed by atoms with E-state index in [0.29, 0.717) is 24.0 Å². The fourth-order valence-electron chi connectivity index (χ4n) is 9.39. The van der Waals surface area contributed by atoms with E-state index < -0.39 is 5.60 Å². The van der Waals surface area contributed by atoms with Crippen LogP contribution in [-0.2, 0) is 14.3 Å². The van der Waals surface area contributed by atoms with Gasteiger partial charge in [-0.15, -0.1) is 0 Å². The van der Waals surface area contributed by atoms with Gasteiger partial charge in [-0.05, 0) is 72.7 Å². The minimum atomic E-state index is -0.813. The number of aliphatic hydroxyl groups is 1. The topological polar surface area (TPSA) is 63.6 Å². The Morgan fingerprint density at radius 2 is 2.08 bits per heavy atom. The second-order valence-corrected chi connectivity index (χ2v) is 10.2. The fourth-order valence-corrected chi connectivity index (χ4v) is 9.39. The highest BCUT2D eigenvalue weighted by molar-refractivity contribution is 5.97. The van der Waals surface area contributed by atoms with Crippen molar-refractivity contribution in [2.75, 3.05) is 7.11 Å². The lowest BCUT2D eigenvalue weighted by molar-refractivity contribution is -0.157. The maximum absolute atomic E-state index is 13.2. The Kier molecular flexibility index (Phi) is 2.25. The quantitative estimate of drug-likeness (QED) is 0.587. The molecule has 0 aliphatic heterocycles. The van der Waals surface area contributed by atoms with Crippen molar-refractivity contribution >= 4 is 11.8 Å². The highest BCUT2D eigenvalue weighted by Crippen LogP contribution is 2.92. The van der Waals surface area contributed by atoms with Crippen molar-refractivity contribution in [1.29, 1.82) is 0 Å². The molecule has 0 aromatic heterocycles. The van der Waals surface area contributed by atoms with Crippen LogP contribution in [0.5, 0.6) is 0 Å². The molecule has 4 nitrogen and oxygen atoms in total. The summed E-state index contributed by atoms with van der Waals surface area (Å²) < 4.78 is 5.29. The molecule has 7 aliphatic rings. The van der Waals surface area contributed by atoms with Crippen molar-refractivity contribution in [3.05, 3.63) is 12.2 Å². The molecule has 7 saturated carbocycles. The van der Waals surface area contributed by atoms with Gasteiger partial charge in [0.2, 0.25) is 0 Å². The molecule has 0 radical (unpaired) electrons. The minimum Gasteiger partial charge on any atom is -0.469 e. The molecule has 0 aromatic rings. The molecule has 7 fully saturated rings. The Hall–Kier alpha value is -1.16. The first-order valence-corrected chi connectivity index (χ1v) is 9.80. The summed E-state index contributed by atoms with van der Waals surface area (Å²) >= 11 is 0. The van der Waals surface area contributed by atoms with E-state index in [0.717, 1.165) is 37.7 Å². The Morgan fingerprint density at radius 1 is 1.32 bits per heavy atom. The van der Waals surface area contributed by atoms with E-state index >= 15 is 0 Å². The van der Waals surface area contributed by atoms with Crippen LogP contribution in [0.3, 0.4) is 0 Å². The van der Waals surface area contributed by atoms with Crippen molar-refractivity contribution in [3.8, 4) is 0 Å². The Bertz CT molecular complexity index is 772. The number of ether oxygens (including phenoxy) is 1. The van der Waals surface area contributed by atoms with Gasteiger partial charge < -0.3 is 9.84 Å². The first-order chi connectivity index (χ1) is 11.8.